The Morgan fingerprint density at radius 3 is 2.53 bits per heavy atom. The smallest absolute Gasteiger partial charge is 0.135 e. The Morgan fingerprint density at radius 1 is 1.37 bits per heavy atom. The molecular weight excluding hydrogens is 259 g/mol. The van der Waals surface area contributed by atoms with Gasteiger partial charge in [0.2, 0.25) is 0 Å². The highest BCUT2D eigenvalue weighted by Gasteiger charge is 2.26. The van der Waals surface area contributed by atoms with Crippen LogP contribution >= 0.6 is 12.2 Å². The lowest BCUT2D eigenvalue weighted by molar-refractivity contribution is 0.232. The summed E-state index contributed by atoms with van der Waals surface area (Å²) in [6.45, 7) is 4.61. The zero-order valence-electron chi connectivity index (χ0n) is 11.5. The molecule has 4 heteroatoms. The van der Waals surface area contributed by atoms with Crippen molar-refractivity contribution in [3.05, 3.63) is 29.6 Å². The monoisotopic (exact) mass is 280 g/mol. The van der Waals surface area contributed by atoms with E-state index in [2.05, 4.69) is 19.2 Å². The summed E-state index contributed by atoms with van der Waals surface area (Å²) in [5, 5.41) is 3.40. The highest BCUT2D eigenvalue weighted by atomic mass is 32.1. The van der Waals surface area contributed by atoms with E-state index in [0.717, 1.165) is 18.5 Å². The van der Waals surface area contributed by atoms with E-state index in [9.17, 15) is 4.39 Å². The molecule has 1 aliphatic carbocycles. The first kappa shape index (κ1) is 14.3. The Bertz CT molecular complexity index is 475. The zero-order valence-corrected chi connectivity index (χ0v) is 12.3. The lowest BCUT2D eigenvalue weighted by Gasteiger charge is -2.35. The summed E-state index contributed by atoms with van der Waals surface area (Å²) in [5.74, 6) is -0.353. The van der Waals surface area contributed by atoms with Crippen LogP contribution < -0.4 is 11.1 Å². The topological polar surface area (TPSA) is 38.0 Å². The van der Waals surface area contributed by atoms with Crippen LogP contribution in [-0.2, 0) is 0 Å². The maximum Gasteiger partial charge on any atom is 0.135 e. The Balaban J connectivity index is 2.01. The lowest BCUT2D eigenvalue weighted by atomic mass is 9.75. The number of nitrogens with two attached hydrogens (primary N) is 1. The fourth-order valence-corrected chi connectivity index (χ4v) is 2.75. The van der Waals surface area contributed by atoms with E-state index in [1.165, 1.54) is 18.9 Å². The second kappa shape index (κ2) is 5.45. The van der Waals surface area contributed by atoms with Gasteiger partial charge in [-0.15, -0.1) is 0 Å². The third kappa shape index (κ3) is 3.66. The molecule has 0 bridgehead atoms. The molecule has 0 aliphatic heterocycles. The van der Waals surface area contributed by atoms with Gasteiger partial charge >= 0.3 is 0 Å². The minimum atomic E-state index is -0.353. The van der Waals surface area contributed by atoms with E-state index in [4.69, 9.17) is 18.0 Å². The van der Waals surface area contributed by atoms with Gasteiger partial charge in [-0.1, -0.05) is 26.1 Å². The summed E-state index contributed by atoms with van der Waals surface area (Å²) in [4.78, 5) is 0.100. The molecule has 0 spiro atoms. The van der Waals surface area contributed by atoms with Crippen molar-refractivity contribution in [3.63, 3.8) is 0 Å². The first-order valence-corrected chi connectivity index (χ1v) is 7.14. The van der Waals surface area contributed by atoms with Crippen LogP contribution in [0.15, 0.2) is 18.2 Å². The average Bonchev–Trinajstić information content (AvgIpc) is 2.31. The van der Waals surface area contributed by atoms with Gasteiger partial charge in [-0.2, -0.15) is 0 Å². The van der Waals surface area contributed by atoms with Gasteiger partial charge in [-0.25, -0.2) is 4.39 Å². The minimum Gasteiger partial charge on any atom is -0.389 e. The standard InChI is InChI=1S/C15H21FN2S/c1-15(2)7-5-10(6-8-15)18-11-3-4-12(14(17)19)13(16)9-11/h3-4,9-10,18H,5-8H2,1-2H3,(H2,17,19). The highest BCUT2D eigenvalue weighted by molar-refractivity contribution is 7.80. The van der Waals surface area contributed by atoms with Gasteiger partial charge in [0.05, 0.1) is 0 Å². The minimum absolute atomic E-state index is 0.100. The number of anilines is 1. The SMILES string of the molecule is CC1(C)CCC(Nc2ccc(C(N)=S)c(F)c2)CC1. The van der Waals surface area contributed by atoms with Gasteiger partial charge < -0.3 is 11.1 Å². The molecule has 0 saturated heterocycles. The fourth-order valence-electron chi connectivity index (χ4n) is 2.58. The van der Waals surface area contributed by atoms with Gasteiger partial charge in [0.1, 0.15) is 10.8 Å². The van der Waals surface area contributed by atoms with Crippen LogP contribution in [0.3, 0.4) is 0 Å². The molecule has 1 fully saturated rings. The quantitative estimate of drug-likeness (QED) is 0.826. The molecule has 2 rings (SSSR count). The van der Waals surface area contributed by atoms with Crippen molar-refractivity contribution in [1.82, 2.24) is 0 Å². The summed E-state index contributed by atoms with van der Waals surface area (Å²) in [7, 11) is 0. The van der Waals surface area contributed by atoms with Crippen molar-refractivity contribution in [1.29, 1.82) is 0 Å². The van der Waals surface area contributed by atoms with E-state index in [1.807, 2.05) is 6.07 Å². The van der Waals surface area contributed by atoms with E-state index in [1.54, 1.807) is 6.07 Å². The van der Waals surface area contributed by atoms with E-state index < -0.39 is 0 Å². The number of hydrogen-bond acceptors (Lipinski definition) is 2. The van der Waals surface area contributed by atoms with Crippen LogP contribution in [0.25, 0.3) is 0 Å². The molecular formula is C15H21FN2S. The van der Waals surface area contributed by atoms with Crippen LogP contribution in [0.4, 0.5) is 10.1 Å². The summed E-state index contributed by atoms with van der Waals surface area (Å²) in [6.07, 6.45) is 4.67. The Labute approximate surface area is 119 Å². The number of thiocarbonyl (C=S) groups is 1. The molecule has 1 aromatic rings. The molecule has 0 unspecified atom stereocenters. The molecule has 2 nitrogen and oxygen atoms in total. The molecule has 19 heavy (non-hydrogen) atoms. The molecule has 104 valence electrons. The summed E-state index contributed by atoms with van der Waals surface area (Å²) < 4.78 is 13.8. The van der Waals surface area contributed by atoms with Gasteiger partial charge in [0.15, 0.2) is 0 Å². The van der Waals surface area contributed by atoms with Crippen molar-refractivity contribution in [2.24, 2.45) is 11.1 Å². The molecule has 1 aliphatic rings. The van der Waals surface area contributed by atoms with Crippen molar-refractivity contribution in [2.45, 2.75) is 45.6 Å². The number of nitrogens with one attached hydrogen (secondary N) is 1. The first-order valence-electron chi connectivity index (χ1n) is 6.73. The summed E-state index contributed by atoms with van der Waals surface area (Å²) >= 11 is 4.80. The van der Waals surface area contributed by atoms with Crippen LogP contribution in [0.5, 0.6) is 0 Å². The molecule has 1 saturated carbocycles. The predicted molar refractivity (Wildman–Crippen MR) is 81.9 cm³/mol. The first-order chi connectivity index (χ1) is 8.87. The second-order valence-electron chi connectivity index (χ2n) is 6.14. The number of halogens is 1. The highest BCUT2D eigenvalue weighted by Crippen LogP contribution is 2.36. The maximum absolute atomic E-state index is 13.8. The molecule has 0 aromatic heterocycles. The molecule has 0 radical (unpaired) electrons. The van der Waals surface area contributed by atoms with Gasteiger partial charge in [0.25, 0.3) is 0 Å². The molecule has 0 heterocycles. The molecule has 1 aromatic carbocycles. The number of benzene rings is 1. The van der Waals surface area contributed by atoms with Crippen LogP contribution in [-0.4, -0.2) is 11.0 Å². The normalized spacial score (nSPS) is 19.1. The largest absolute Gasteiger partial charge is 0.389 e. The van der Waals surface area contributed by atoms with Crippen molar-refractivity contribution in [3.8, 4) is 0 Å². The van der Waals surface area contributed by atoms with E-state index in [-0.39, 0.29) is 10.8 Å². The molecule has 3 N–H and O–H groups in total. The third-order valence-corrected chi connectivity index (χ3v) is 4.16. The predicted octanol–water partition coefficient (Wildman–Crippen LogP) is 3.84. The Morgan fingerprint density at radius 2 is 2.00 bits per heavy atom. The fraction of sp³-hybridized carbons (Fsp3) is 0.533. The van der Waals surface area contributed by atoms with Crippen LogP contribution in [0.1, 0.15) is 45.1 Å². The Kier molecular flexibility index (Phi) is 4.09. The molecule has 0 amide bonds. The van der Waals surface area contributed by atoms with Gasteiger partial charge in [0, 0.05) is 17.3 Å². The zero-order chi connectivity index (χ0) is 14.0. The summed E-state index contributed by atoms with van der Waals surface area (Å²) in [5.41, 5.74) is 7.01. The van der Waals surface area contributed by atoms with Crippen LogP contribution in [0, 0.1) is 11.2 Å². The number of rotatable bonds is 3. The Hall–Kier alpha value is -1.16. The number of hydrogen-bond donors (Lipinski definition) is 2. The lowest BCUT2D eigenvalue weighted by Crippen LogP contribution is -2.29. The van der Waals surface area contributed by atoms with E-state index >= 15 is 0 Å². The maximum atomic E-state index is 13.8. The summed E-state index contributed by atoms with van der Waals surface area (Å²) in [6, 6.07) is 5.40. The van der Waals surface area contributed by atoms with E-state index in [0.29, 0.717) is 17.0 Å². The third-order valence-electron chi connectivity index (χ3n) is 3.94. The van der Waals surface area contributed by atoms with Crippen molar-refractivity contribution >= 4 is 22.9 Å². The average molecular weight is 280 g/mol. The van der Waals surface area contributed by atoms with Crippen LogP contribution in [0.2, 0.25) is 0 Å². The second-order valence-corrected chi connectivity index (χ2v) is 6.58. The van der Waals surface area contributed by atoms with Crippen molar-refractivity contribution < 1.29 is 4.39 Å². The van der Waals surface area contributed by atoms with Crippen molar-refractivity contribution in [2.75, 3.05) is 5.32 Å². The van der Waals surface area contributed by atoms with Gasteiger partial charge in [-0.05, 0) is 49.3 Å². The van der Waals surface area contributed by atoms with Gasteiger partial charge in [-0.3, -0.25) is 0 Å². The molecule has 0 atom stereocenters.